The first kappa shape index (κ1) is 18.5. The summed E-state index contributed by atoms with van der Waals surface area (Å²) in [4.78, 5) is 0. The molecule has 0 spiro atoms. The van der Waals surface area contributed by atoms with Crippen LogP contribution in [-0.4, -0.2) is 42.9 Å². The summed E-state index contributed by atoms with van der Waals surface area (Å²) in [7, 11) is 0. The monoisotopic (exact) mass is 359 g/mol. The Bertz CT molecular complexity index is 569. The average Bonchev–Trinajstić information content (AvgIpc) is 3.11. The number of morpholine rings is 1. The number of benzene rings is 1. The van der Waals surface area contributed by atoms with Crippen LogP contribution in [0.5, 0.6) is 5.75 Å². The first-order valence-corrected chi connectivity index (χ1v) is 8.77. The number of ether oxygens (including phenoxy) is 2. The van der Waals surface area contributed by atoms with Crippen molar-refractivity contribution >= 4 is 0 Å². The molecule has 0 amide bonds. The smallest absolute Gasteiger partial charge is 0.406 e. The Labute approximate surface area is 145 Å². The lowest BCUT2D eigenvalue weighted by molar-refractivity contribution is -0.275. The van der Waals surface area contributed by atoms with E-state index in [1.54, 1.807) is 12.1 Å². The maximum atomic E-state index is 12.7. The van der Waals surface area contributed by atoms with Gasteiger partial charge in [0.05, 0.1) is 18.3 Å². The molecule has 2 aliphatic rings. The number of para-hydroxylation sites is 1. The highest BCUT2D eigenvalue weighted by Crippen LogP contribution is 2.41. The van der Waals surface area contributed by atoms with E-state index in [0.717, 1.165) is 25.7 Å². The summed E-state index contributed by atoms with van der Waals surface area (Å²) in [6.45, 7) is 1.70. The van der Waals surface area contributed by atoms with Gasteiger partial charge in [0.1, 0.15) is 5.75 Å². The molecule has 0 bridgehead atoms. The Morgan fingerprint density at radius 1 is 1.20 bits per heavy atom. The maximum Gasteiger partial charge on any atom is 0.573 e. The zero-order chi connectivity index (χ0) is 17.9. The normalized spacial score (nSPS) is 24.9. The molecule has 2 fully saturated rings. The van der Waals surface area contributed by atoms with Crippen molar-refractivity contribution in [3.63, 3.8) is 0 Å². The number of nitrogens with one attached hydrogen (secondary N) is 1. The lowest BCUT2D eigenvalue weighted by Gasteiger charge is -2.43. The van der Waals surface area contributed by atoms with Gasteiger partial charge in [-0.05, 0) is 30.4 Å². The van der Waals surface area contributed by atoms with E-state index in [9.17, 15) is 18.3 Å². The Kier molecular flexibility index (Phi) is 5.55. The second-order valence-corrected chi connectivity index (χ2v) is 6.87. The Morgan fingerprint density at radius 3 is 2.56 bits per heavy atom. The van der Waals surface area contributed by atoms with Crippen molar-refractivity contribution < 1.29 is 27.8 Å². The van der Waals surface area contributed by atoms with Crippen molar-refractivity contribution in [2.75, 3.05) is 19.7 Å². The minimum atomic E-state index is -4.76. The van der Waals surface area contributed by atoms with Crippen molar-refractivity contribution in [2.45, 2.75) is 50.2 Å². The summed E-state index contributed by atoms with van der Waals surface area (Å²) in [5, 5.41) is 14.7. The lowest BCUT2D eigenvalue weighted by atomic mass is 9.76. The Balaban J connectivity index is 1.87. The number of alkyl halides is 3. The van der Waals surface area contributed by atoms with E-state index >= 15 is 0 Å². The van der Waals surface area contributed by atoms with Gasteiger partial charge >= 0.3 is 6.36 Å². The largest absolute Gasteiger partial charge is 0.573 e. The predicted molar refractivity (Wildman–Crippen MR) is 86.3 cm³/mol. The zero-order valence-electron chi connectivity index (χ0n) is 14.0. The molecule has 3 rings (SSSR count). The van der Waals surface area contributed by atoms with Crippen LogP contribution >= 0.6 is 0 Å². The standard InChI is InChI=1S/C18H24F3NO3/c19-18(20,21)25-15-8-4-1-5-13(15)11-17(23,14-6-2-3-7-14)16-12-22-9-10-24-16/h1,4-5,8,14,16,22-23H,2-3,6-7,9-12H2/t16?,17-/m0/s1. The summed E-state index contributed by atoms with van der Waals surface area (Å²) in [5.74, 6) is -0.244. The first-order chi connectivity index (χ1) is 11.9. The van der Waals surface area contributed by atoms with Gasteiger partial charge in [0, 0.05) is 19.5 Å². The number of rotatable bonds is 5. The fraction of sp³-hybridized carbons (Fsp3) is 0.667. The van der Waals surface area contributed by atoms with E-state index in [4.69, 9.17) is 4.74 Å². The average molecular weight is 359 g/mol. The fourth-order valence-electron chi connectivity index (χ4n) is 4.01. The molecule has 2 atom stereocenters. The maximum absolute atomic E-state index is 12.7. The molecule has 1 aromatic carbocycles. The topological polar surface area (TPSA) is 50.7 Å². The summed E-state index contributed by atoms with van der Waals surface area (Å²) in [6, 6.07) is 6.03. The van der Waals surface area contributed by atoms with Gasteiger partial charge in [0.25, 0.3) is 0 Å². The summed E-state index contributed by atoms with van der Waals surface area (Å²) >= 11 is 0. The van der Waals surface area contributed by atoms with Gasteiger partial charge < -0.3 is 19.9 Å². The number of aliphatic hydroxyl groups is 1. The highest BCUT2D eigenvalue weighted by atomic mass is 19.4. The molecule has 1 heterocycles. The molecule has 1 aromatic rings. The molecule has 1 aliphatic heterocycles. The molecule has 1 aliphatic carbocycles. The predicted octanol–water partition coefficient (Wildman–Crippen LogP) is 3.04. The molecule has 1 unspecified atom stereocenters. The summed E-state index contributed by atoms with van der Waals surface area (Å²) in [6.07, 6.45) is -1.36. The second-order valence-electron chi connectivity index (χ2n) is 6.87. The van der Waals surface area contributed by atoms with E-state index in [-0.39, 0.29) is 18.1 Å². The highest BCUT2D eigenvalue weighted by Gasteiger charge is 2.46. The minimum absolute atomic E-state index is 0.0105. The first-order valence-electron chi connectivity index (χ1n) is 8.77. The van der Waals surface area contributed by atoms with Crippen molar-refractivity contribution in [1.29, 1.82) is 0 Å². The van der Waals surface area contributed by atoms with E-state index in [1.807, 2.05) is 0 Å². The van der Waals surface area contributed by atoms with E-state index in [0.29, 0.717) is 25.3 Å². The van der Waals surface area contributed by atoms with Gasteiger partial charge in [-0.3, -0.25) is 0 Å². The number of halogens is 3. The Hall–Kier alpha value is -1.31. The van der Waals surface area contributed by atoms with Crippen LogP contribution in [-0.2, 0) is 11.2 Å². The quantitative estimate of drug-likeness (QED) is 0.849. The summed E-state index contributed by atoms with van der Waals surface area (Å²) < 4.78 is 48.0. The van der Waals surface area contributed by atoms with Crippen LogP contribution in [0.2, 0.25) is 0 Å². The third-order valence-corrected chi connectivity index (χ3v) is 5.22. The minimum Gasteiger partial charge on any atom is -0.406 e. The molecule has 0 aromatic heterocycles. The molecular weight excluding hydrogens is 335 g/mol. The van der Waals surface area contributed by atoms with Crippen LogP contribution in [0.1, 0.15) is 31.2 Å². The van der Waals surface area contributed by atoms with Crippen LogP contribution in [0.3, 0.4) is 0 Å². The van der Waals surface area contributed by atoms with Crippen LogP contribution < -0.4 is 10.1 Å². The van der Waals surface area contributed by atoms with Crippen LogP contribution in [0.15, 0.2) is 24.3 Å². The number of hydrogen-bond donors (Lipinski definition) is 2. The van der Waals surface area contributed by atoms with Crippen LogP contribution in [0.4, 0.5) is 13.2 Å². The van der Waals surface area contributed by atoms with Gasteiger partial charge in [0.15, 0.2) is 0 Å². The molecule has 0 radical (unpaired) electrons. The van der Waals surface area contributed by atoms with Crippen LogP contribution in [0, 0.1) is 5.92 Å². The van der Waals surface area contributed by atoms with Crippen LogP contribution in [0.25, 0.3) is 0 Å². The van der Waals surface area contributed by atoms with E-state index < -0.39 is 18.1 Å². The lowest BCUT2D eigenvalue weighted by Crippen LogP contribution is -2.57. The third-order valence-electron chi connectivity index (χ3n) is 5.22. The van der Waals surface area contributed by atoms with Gasteiger partial charge in [-0.15, -0.1) is 13.2 Å². The molecule has 7 heteroatoms. The van der Waals surface area contributed by atoms with Crippen molar-refractivity contribution in [2.24, 2.45) is 5.92 Å². The van der Waals surface area contributed by atoms with E-state index in [2.05, 4.69) is 10.1 Å². The molecule has 140 valence electrons. The molecule has 1 saturated carbocycles. The molecule has 4 nitrogen and oxygen atoms in total. The zero-order valence-corrected chi connectivity index (χ0v) is 14.0. The summed E-state index contributed by atoms with van der Waals surface area (Å²) in [5.41, 5.74) is -0.863. The van der Waals surface area contributed by atoms with Crippen molar-refractivity contribution in [3.05, 3.63) is 29.8 Å². The van der Waals surface area contributed by atoms with Gasteiger partial charge in [0.2, 0.25) is 0 Å². The molecule has 2 N–H and O–H groups in total. The molecule has 25 heavy (non-hydrogen) atoms. The Morgan fingerprint density at radius 2 is 1.92 bits per heavy atom. The molecular formula is C18H24F3NO3. The van der Waals surface area contributed by atoms with E-state index in [1.165, 1.54) is 12.1 Å². The van der Waals surface area contributed by atoms with Crippen molar-refractivity contribution in [3.8, 4) is 5.75 Å². The third kappa shape index (κ3) is 4.46. The number of hydrogen-bond acceptors (Lipinski definition) is 4. The van der Waals surface area contributed by atoms with Gasteiger partial charge in [-0.25, -0.2) is 0 Å². The SMILES string of the molecule is O[C@@](Cc1ccccc1OC(F)(F)F)(C1CCCC1)C1CNCCO1. The fourth-order valence-corrected chi connectivity index (χ4v) is 4.01. The van der Waals surface area contributed by atoms with Gasteiger partial charge in [-0.1, -0.05) is 31.0 Å². The molecule has 1 saturated heterocycles. The highest BCUT2D eigenvalue weighted by molar-refractivity contribution is 5.35. The van der Waals surface area contributed by atoms with Crippen molar-refractivity contribution in [1.82, 2.24) is 5.32 Å². The second kappa shape index (κ2) is 7.51. The van der Waals surface area contributed by atoms with Gasteiger partial charge in [-0.2, -0.15) is 0 Å².